The van der Waals surface area contributed by atoms with E-state index in [1.807, 2.05) is 11.8 Å². The molecule has 3 nitrogen and oxygen atoms in total. The third kappa shape index (κ3) is 2.23. The van der Waals surface area contributed by atoms with E-state index in [0.29, 0.717) is 16.6 Å². The molecule has 1 fully saturated rings. The molecule has 0 amide bonds. The molecular formula is C11H18ClN3S. The van der Waals surface area contributed by atoms with Crippen molar-refractivity contribution < 1.29 is 0 Å². The van der Waals surface area contributed by atoms with Crippen molar-refractivity contribution in [3.63, 3.8) is 0 Å². The molecule has 1 aromatic rings. The Morgan fingerprint density at radius 1 is 1.38 bits per heavy atom. The Bertz CT molecular complexity index is 353. The second-order valence-electron chi connectivity index (χ2n) is 4.10. The van der Waals surface area contributed by atoms with Crippen LogP contribution < -0.4 is 0 Å². The minimum absolute atomic E-state index is 0.502. The molecule has 16 heavy (non-hydrogen) atoms. The molecule has 0 aliphatic heterocycles. The van der Waals surface area contributed by atoms with Gasteiger partial charge in [-0.15, -0.1) is 10.2 Å². The number of thioether (sulfide) groups is 1. The van der Waals surface area contributed by atoms with E-state index in [1.54, 1.807) is 0 Å². The summed E-state index contributed by atoms with van der Waals surface area (Å²) in [4.78, 5) is 0. The first-order valence-electron chi connectivity index (χ1n) is 5.98. The van der Waals surface area contributed by atoms with Crippen LogP contribution in [0.4, 0.5) is 0 Å². The van der Waals surface area contributed by atoms with E-state index in [-0.39, 0.29) is 0 Å². The molecule has 5 heteroatoms. The lowest BCUT2D eigenvalue weighted by Gasteiger charge is -2.21. The lowest BCUT2D eigenvalue weighted by atomic mass is 10.2. The Hall–Kier alpha value is -0.220. The molecule has 2 rings (SSSR count). The zero-order valence-corrected chi connectivity index (χ0v) is 11.4. The van der Waals surface area contributed by atoms with Crippen LogP contribution in [0.1, 0.15) is 45.0 Å². The fourth-order valence-corrected chi connectivity index (χ4v) is 3.98. The smallest absolute Gasteiger partial charge is 0.225 e. The predicted octanol–water partition coefficient (Wildman–Crippen LogP) is 3.34. The standard InChI is InChI=1S/C11H18ClN3S/c1-3-10-13-14-11(12)15(10)8-6-5-7-9(8)16-4-2/h8-9H,3-7H2,1-2H3. The number of halogens is 1. The van der Waals surface area contributed by atoms with Gasteiger partial charge in [0, 0.05) is 17.7 Å². The molecule has 1 aliphatic rings. The third-order valence-electron chi connectivity index (χ3n) is 3.17. The van der Waals surface area contributed by atoms with Crippen molar-refractivity contribution in [2.45, 2.75) is 50.8 Å². The van der Waals surface area contributed by atoms with E-state index >= 15 is 0 Å². The van der Waals surface area contributed by atoms with Crippen LogP contribution in [0.15, 0.2) is 0 Å². The van der Waals surface area contributed by atoms with E-state index in [4.69, 9.17) is 11.6 Å². The van der Waals surface area contributed by atoms with E-state index in [9.17, 15) is 0 Å². The fourth-order valence-electron chi connectivity index (χ4n) is 2.48. The zero-order chi connectivity index (χ0) is 11.5. The van der Waals surface area contributed by atoms with Crippen LogP contribution in [0.25, 0.3) is 0 Å². The summed E-state index contributed by atoms with van der Waals surface area (Å²) in [6.45, 7) is 4.32. The highest BCUT2D eigenvalue weighted by Crippen LogP contribution is 2.40. The summed E-state index contributed by atoms with van der Waals surface area (Å²) >= 11 is 8.19. The minimum Gasteiger partial charge on any atom is -0.298 e. The van der Waals surface area contributed by atoms with Gasteiger partial charge in [-0.3, -0.25) is 4.57 Å². The minimum atomic E-state index is 0.502. The van der Waals surface area contributed by atoms with Crippen molar-refractivity contribution in [2.75, 3.05) is 5.75 Å². The highest BCUT2D eigenvalue weighted by atomic mass is 35.5. The van der Waals surface area contributed by atoms with E-state index in [2.05, 4.69) is 28.6 Å². The summed E-state index contributed by atoms with van der Waals surface area (Å²) in [6.07, 6.45) is 4.70. The molecule has 1 saturated carbocycles. The van der Waals surface area contributed by atoms with Gasteiger partial charge in [-0.2, -0.15) is 11.8 Å². The van der Waals surface area contributed by atoms with Crippen molar-refractivity contribution in [1.82, 2.24) is 14.8 Å². The van der Waals surface area contributed by atoms with E-state index in [0.717, 1.165) is 12.2 Å². The SMILES string of the molecule is CCSC1CCCC1n1c(Cl)nnc1CC. The number of aromatic nitrogens is 3. The van der Waals surface area contributed by atoms with Crippen LogP contribution in [-0.2, 0) is 6.42 Å². The number of nitrogens with zero attached hydrogens (tertiary/aromatic N) is 3. The molecule has 1 aliphatic carbocycles. The zero-order valence-electron chi connectivity index (χ0n) is 9.82. The van der Waals surface area contributed by atoms with Crippen LogP contribution in [0.5, 0.6) is 0 Å². The number of hydrogen-bond donors (Lipinski definition) is 0. The molecule has 2 atom stereocenters. The van der Waals surface area contributed by atoms with E-state index < -0.39 is 0 Å². The van der Waals surface area contributed by atoms with Gasteiger partial charge in [-0.05, 0) is 30.2 Å². The molecule has 0 N–H and O–H groups in total. The first-order chi connectivity index (χ1) is 7.77. The lowest BCUT2D eigenvalue weighted by Crippen LogP contribution is -2.18. The predicted molar refractivity (Wildman–Crippen MR) is 69.2 cm³/mol. The molecule has 0 bridgehead atoms. The van der Waals surface area contributed by atoms with Crippen molar-refractivity contribution in [1.29, 1.82) is 0 Å². The number of aryl methyl sites for hydroxylation is 1. The average Bonchev–Trinajstić information content (AvgIpc) is 2.85. The van der Waals surface area contributed by atoms with Crippen LogP contribution in [0.3, 0.4) is 0 Å². The summed E-state index contributed by atoms with van der Waals surface area (Å²) < 4.78 is 2.15. The maximum Gasteiger partial charge on any atom is 0.225 e. The summed E-state index contributed by atoms with van der Waals surface area (Å²) in [5, 5.41) is 9.39. The molecule has 0 saturated heterocycles. The first kappa shape index (κ1) is 12.2. The van der Waals surface area contributed by atoms with Crippen molar-refractivity contribution in [3.05, 3.63) is 11.1 Å². The van der Waals surface area contributed by atoms with E-state index in [1.165, 1.54) is 25.0 Å². The van der Waals surface area contributed by atoms with Crippen LogP contribution in [0.2, 0.25) is 5.28 Å². The van der Waals surface area contributed by atoms with Gasteiger partial charge in [0.05, 0.1) is 0 Å². The summed E-state index contributed by atoms with van der Waals surface area (Å²) in [7, 11) is 0. The van der Waals surface area contributed by atoms with Crippen molar-refractivity contribution in [2.24, 2.45) is 0 Å². The number of hydrogen-bond acceptors (Lipinski definition) is 3. The van der Waals surface area contributed by atoms with Gasteiger partial charge in [-0.1, -0.05) is 20.3 Å². The van der Waals surface area contributed by atoms with Gasteiger partial charge >= 0.3 is 0 Å². The quantitative estimate of drug-likeness (QED) is 0.831. The average molecular weight is 260 g/mol. The lowest BCUT2D eigenvalue weighted by molar-refractivity contribution is 0.508. The first-order valence-corrected chi connectivity index (χ1v) is 7.41. The highest BCUT2D eigenvalue weighted by molar-refractivity contribution is 7.99. The summed E-state index contributed by atoms with van der Waals surface area (Å²) in [5.74, 6) is 2.20. The summed E-state index contributed by atoms with van der Waals surface area (Å²) in [6, 6.07) is 0.502. The second kappa shape index (κ2) is 5.41. The third-order valence-corrected chi connectivity index (χ3v) is 4.74. The van der Waals surface area contributed by atoms with Gasteiger partial charge in [0.2, 0.25) is 5.28 Å². The second-order valence-corrected chi connectivity index (χ2v) is 5.96. The Morgan fingerprint density at radius 3 is 2.88 bits per heavy atom. The molecule has 2 unspecified atom stereocenters. The van der Waals surface area contributed by atoms with Crippen LogP contribution in [-0.4, -0.2) is 25.8 Å². The van der Waals surface area contributed by atoms with Crippen molar-refractivity contribution >= 4 is 23.4 Å². The Balaban J connectivity index is 2.24. The monoisotopic (exact) mass is 259 g/mol. The highest BCUT2D eigenvalue weighted by Gasteiger charge is 2.31. The molecule has 1 aromatic heterocycles. The van der Waals surface area contributed by atoms with Gasteiger partial charge in [0.25, 0.3) is 0 Å². The maximum atomic E-state index is 6.15. The Morgan fingerprint density at radius 2 is 2.19 bits per heavy atom. The molecular weight excluding hydrogens is 242 g/mol. The Kier molecular flexibility index (Phi) is 4.14. The van der Waals surface area contributed by atoms with Crippen LogP contribution >= 0.6 is 23.4 Å². The molecule has 0 radical (unpaired) electrons. The van der Waals surface area contributed by atoms with Gasteiger partial charge < -0.3 is 0 Å². The largest absolute Gasteiger partial charge is 0.298 e. The van der Waals surface area contributed by atoms with Gasteiger partial charge in [-0.25, -0.2) is 0 Å². The van der Waals surface area contributed by atoms with Gasteiger partial charge in [0.1, 0.15) is 5.82 Å². The number of rotatable bonds is 4. The summed E-state index contributed by atoms with van der Waals surface area (Å²) in [5.41, 5.74) is 0. The van der Waals surface area contributed by atoms with Crippen LogP contribution in [0, 0.1) is 0 Å². The maximum absolute atomic E-state index is 6.15. The normalized spacial score (nSPS) is 25.2. The molecule has 0 spiro atoms. The van der Waals surface area contributed by atoms with Gasteiger partial charge in [0.15, 0.2) is 0 Å². The molecule has 1 heterocycles. The fraction of sp³-hybridized carbons (Fsp3) is 0.818. The molecule has 90 valence electrons. The topological polar surface area (TPSA) is 30.7 Å². The Labute approximate surface area is 106 Å². The van der Waals surface area contributed by atoms with Crippen molar-refractivity contribution in [3.8, 4) is 0 Å². The molecule has 0 aromatic carbocycles.